The van der Waals surface area contributed by atoms with Crippen LogP contribution in [-0.4, -0.2) is 45.2 Å². The number of aryl methyl sites for hydroxylation is 1. The highest BCUT2D eigenvalue weighted by Gasteiger charge is 2.27. The van der Waals surface area contributed by atoms with Crippen molar-refractivity contribution in [3.63, 3.8) is 0 Å². The number of rotatable bonds is 4. The third-order valence-electron chi connectivity index (χ3n) is 5.01. The van der Waals surface area contributed by atoms with Crippen LogP contribution in [-0.2, 0) is 17.6 Å². The topological polar surface area (TPSA) is 58.4 Å². The molecule has 1 aromatic heterocycles. The number of fused-ring (bicyclic) bond motifs is 1. The van der Waals surface area contributed by atoms with Crippen LogP contribution in [0.15, 0.2) is 6.20 Å². The molecule has 0 aliphatic carbocycles. The molecule has 1 fully saturated rings. The molecule has 0 amide bonds. The van der Waals surface area contributed by atoms with Crippen molar-refractivity contribution >= 4 is 5.97 Å². The summed E-state index contributed by atoms with van der Waals surface area (Å²) in [5.74, 6) is 0.943. The average Bonchev–Trinajstić information content (AvgIpc) is 2.89. The molecule has 1 N–H and O–H groups in total. The Morgan fingerprint density at radius 2 is 2.14 bits per heavy atom. The van der Waals surface area contributed by atoms with Gasteiger partial charge in [0.15, 0.2) is 0 Å². The van der Waals surface area contributed by atoms with Crippen LogP contribution in [0.5, 0.6) is 0 Å². The summed E-state index contributed by atoms with van der Waals surface area (Å²) in [6, 6.07) is -0.406. The molecule has 0 aromatic carbocycles. The number of carbonyl (C=O) groups is 1. The second-order valence-electron chi connectivity index (χ2n) is 6.38. The molecular weight excluding hydrogens is 266 g/mol. The van der Waals surface area contributed by atoms with Gasteiger partial charge in [-0.3, -0.25) is 0 Å². The van der Waals surface area contributed by atoms with E-state index in [0.29, 0.717) is 5.92 Å². The Balaban J connectivity index is 1.66. The van der Waals surface area contributed by atoms with Gasteiger partial charge in [-0.15, -0.1) is 0 Å². The predicted octanol–water partition coefficient (Wildman–Crippen LogP) is 2.12. The van der Waals surface area contributed by atoms with Gasteiger partial charge in [-0.1, -0.05) is 6.92 Å². The van der Waals surface area contributed by atoms with Crippen LogP contribution in [0.2, 0.25) is 0 Å². The SMILES string of the molecule is CCN1CCC(Cc2cn3c(n2)CCCC3C(=O)O)CC1. The second kappa shape index (κ2) is 6.18. The number of hydrogen-bond donors (Lipinski definition) is 1. The van der Waals surface area contributed by atoms with Gasteiger partial charge in [0.2, 0.25) is 0 Å². The molecule has 116 valence electrons. The Bertz CT molecular complexity index is 504. The van der Waals surface area contributed by atoms with E-state index >= 15 is 0 Å². The molecule has 1 saturated heterocycles. The molecule has 5 heteroatoms. The number of carboxylic acid groups (broad SMARTS) is 1. The second-order valence-corrected chi connectivity index (χ2v) is 6.38. The van der Waals surface area contributed by atoms with Crippen molar-refractivity contribution in [1.82, 2.24) is 14.5 Å². The molecule has 0 spiro atoms. The Kier molecular flexibility index (Phi) is 4.29. The van der Waals surface area contributed by atoms with Crippen molar-refractivity contribution in [1.29, 1.82) is 0 Å². The number of nitrogens with zero attached hydrogens (tertiary/aromatic N) is 3. The lowest BCUT2D eigenvalue weighted by atomic mass is 9.92. The minimum atomic E-state index is -0.726. The largest absolute Gasteiger partial charge is 0.480 e. The van der Waals surface area contributed by atoms with Gasteiger partial charge in [0, 0.05) is 12.6 Å². The molecule has 0 saturated carbocycles. The molecular formula is C16H25N3O2. The molecule has 0 bridgehead atoms. The van der Waals surface area contributed by atoms with Gasteiger partial charge in [-0.05, 0) is 57.7 Å². The van der Waals surface area contributed by atoms with Crippen LogP contribution in [0, 0.1) is 5.92 Å². The van der Waals surface area contributed by atoms with E-state index in [0.717, 1.165) is 43.7 Å². The summed E-state index contributed by atoms with van der Waals surface area (Å²) in [5, 5.41) is 9.32. The zero-order valence-electron chi connectivity index (χ0n) is 12.8. The van der Waals surface area contributed by atoms with Gasteiger partial charge in [-0.25, -0.2) is 9.78 Å². The summed E-state index contributed by atoms with van der Waals surface area (Å²) in [4.78, 5) is 18.5. The molecule has 3 heterocycles. The summed E-state index contributed by atoms with van der Waals surface area (Å²) in [7, 11) is 0. The van der Waals surface area contributed by atoms with Crippen molar-refractivity contribution in [2.24, 2.45) is 5.92 Å². The highest BCUT2D eigenvalue weighted by atomic mass is 16.4. The highest BCUT2D eigenvalue weighted by Crippen LogP contribution is 2.27. The summed E-state index contributed by atoms with van der Waals surface area (Å²) >= 11 is 0. The zero-order valence-corrected chi connectivity index (χ0v) is 12.8. The van der Waals surface area contributed by atoms with E-state index in [2.05, 4.69) is 11.8 Å². The van der Waals surface area contributed by atoms with Gasteiger partial charge in [0.25, 0.3) is 0 Å². The number of imidazole rings is 1. The lowest BCUT2D eigenvalue weighted by molar-refractivity contribution is -0.141. The molecule has 1 atom stereocenters. The standard InChI is InChI=1S/C16H25N3O2/c1-2-18-8-6-12(7-9-18)10-13-11-19-14(16(20)21)4-3-5-15(19)17-13/h11-12,14H,2-10H2,1H3,(H,20,21). The maximum atomic E-state index is 11.3. The summed E-state index contributed by atoms with van der Waals surface area (Å²) in [5.41, 5.74) is 1.09. The summed E-state index contributed by atoms with van der Waals surface area (Å²) < 4.78 is 1.91. The fraction of sp³-hybridized carbons (Fsp3) is 0.750. The minimum Gasteiger partial charge on any atom is -0.480 e. The van der Waals surface area contributed by atoms with E-state index in [-0.39, 0.29) is 0 Å². The molecule has 1 aromatic rings. The molecule has 1 unspecified atom stereocenters. The molecule has 3 rings (SSSR count). The molecule has 2 aliphatic rings. The summed E-state index contributed by atoms with van der Waals surface area (Å²) in [6.07, 6.45) is 8.05. The van der Waals surface area contributed by atoms with Gasteiger partial charge >= 0.3 is 5.97 Å². The van der Waals surface area contributed by atoms with Crippen LogP contribution >= 0.6 is 0 Å². The average molecular weight is 291 g/mol. The highest BCUT2D eigenvalue weighted by molar-refractivity contribution is 5.72. The zero-order chi connectivity index (χ0) is 14.8. The van der Waals surface area contributed by atoms with E-state index in [9.17, 15) is 9.90 Å². The molecule has 21 heavy (non-hydrogen) atoms. The smallest absolute Gasteiger partial charge is 0.326 e. The molecule has 5 nitrogen and oxygen atoms in total. The maximum absolute atomic E-state index is 11.3. The lowest BCUT2D eigenvalue weighted by Crippen LogP contribution is -2.34. The third-order valence-corrected chi connectivity index (χ3v) is 5.01. The number of aliphatic carboxylic acids is 1. The van der Waals surface area contributed by atoms with Gasteiger partial charge < -0.3 is 14.6 Å². The maximum Gasteiger partial charge on any atom is 0.326 e. The van der Waals surface area contributed by atoms with Crippen LogP contribution in [0.25, 0.3) is 0 Å². The Hall–Kier alpha value is -1.36. The predicted molar refractivity (Wildman–Crippen MR) is 80.4 cm³/mol. The van der Waals surface area contributed by atoms with Crippen LogP contribution < -0.4 is 0 Å². The van der Waals surface area contributed by atoms with Crippen molar-refractivity contribution < 1.29 is 9.90 Å². The Labute approximate surface area is 126 Å². The monoisotopic (exact) mass is 291 g/mol. The van der Waals surface area contributed by atoms with Crippen LogP contribution in [0.3, 0.4) is 0 Å². The van der Waals surface area contributed by atoms with E-state index in [1.165, 1.54) is 25.9 Å². The number of piperidine rings is 1. The first-order chi connectivity index (χ1) is 10.2. The first-order valence-corrected chi connectivity index (χ1v) is 8.19. The van der Waals surface area contributed by atoms with E-state index in [1.807, 2.05) is 10.8 Å². The van der Waals surface area contributed by atoms with E-state index < -0.39 is 12.0 Å². The number of hydrogen-bond acceptors (Lipinski definition) is 3. The molecule has 0 radical (unpaired) electrons. The van der Waals surface area contributed by atoms with E-state index in [4.69, 9.17) is 4.98 Å². The Morgan fingerprint density at radius 3 is 2.81 bits per heavy atom. The lowest BCUT2D eigenvalue weighted by Gasteiger charge is -2.30. The van der Waals surface area contributed by atoms with E-state index in [1.54, 1.807) is 0 Å². The van der Waals surface area contributed by atoms with Gasteiger partial charge in [-0.2, -0.15) is 0 Å². The Morgan fingerprint density at radius 1 is 1.38 bits per heavy atom. The van der Waals surface area contributed by atoms with Crippen LogP contribution in [0.4, 0.5) is 0 Å². The fourth-order valence-corrected chi connectivity index (χ4v) is 3.68. The van der Waals surface area contributed by atoms with Gasteiger partial charge in [0.1, 0.15) is 11.9 Å². The quantitative estimate of drug-likeness (QED) is 0.923. The van der Waals surface area contributed by atoms with Crippen molar-refractivity contribution in [2.45, 2.75) is 51.5 Å². The first-order valence-electron chi connectivity index (χ1n) is 8.19. The van der Waals surface area contributed by atoms with Crippen molar-refractivity contribution in [3.8, 4) is 0 Å². The van der Waals surface area contributed by atoms with Crippen molar-refractivity contribution in [2.75, 3.05) is 19.6 Å². The first kappa shape index (κ1) is 14.6. The minimum absolute atomic E-state index is 0.406. The normalized spacial score (nSPS) is 24.0. The fourth-order valence-electron chi connectivity index (χ4n) is 3.68. The summed E-state index contributed by atoms with van der Waals surface area (Å²) in [6.45, 7) is 5.74. The van der Waals surface area contributed by atoms with Crippen molar-refractivity contribution in [3.05, 3.63) is 17.7 Å². The number of aromatic nitrogens is 2. The third kappa shape index (κ3) is 3.12. The number of carboxylic acids is 1. The van der Waals surface area contributed by atoms with Gasteiger partial charge in [0.05, 0.1) is 5.69 Å². The van der Waals surface area contributed by atoms with Crippen LogP contribution in [0.1, 0.15) is 50.2 Å². The number of likely N-dealkylation sites (tertiary alicyclic amines) is 1. The molecule has 2 aliphatic heterocycles.